The van der Waals surface area contributed by atoms with Crippen molar-refractivity contribution in [2.45, 2.75) is 26.7 Å². The highest BCUT2D eigenvalue weighted by Gasteiger charge is 2.12. The number of nitrogens with one attached hydrogen (secondary N) is 1. The summed E-state index contributed by atoms with van der Waals surface area (Å²) in [6.07, 6.45) is 1.12. The van der Waals surface area contributed by atoms with Gasteiger partial charge in [0.05, 0.1) is 12.1 Å². The number of amides is 1. The summed E-state index contributed by atoms with van der Waals surface area (Å²) < 4.78 is 4.97. The molecule has 84 valence electrons. The van der Waals surface area contributed by atoms with Crippen LogP contribution in [0.25, 0.3) is 0 Å². The number of aryl methyl sites for hydroxylation is 2. The number of aromatic nitrogens is 1. The van der Waals surface area contributed by atoms with E-state index in [1.807, 2.05) is 13.8 Å². The number of hydrogen-bond donors (Lipinski definition) is 2. The molecule has 0 bridgehead atoms. The first-order valence-electron chi connectivity index (χ1n) is 5.03. The zero-order valence-electron chi connectivity index (χ0n) is 9.17. The molecule has 0 aromatic carbocycles. The molecule has 1 aromatic heterocycles. The van der Waals surface area contributed by atoms with Crippen LogP contribution >= 0.6 is 0 Å². The van der Waals surface area contributed by atoms with Gasteiger partial charge < -0.3 is 15.6 Å². The third-order valence-corrected chi connectivity index (χ3v) is 2.22. The van der Waals surface area contributed by atoms with Crippen molar-refractivity contribution in [1.82, 2.24) is 10.5 Å². The number of nitrogens with zero attached hydrogens (tertiary/aromatic N) is 1. The molecule has 5 heteroatoms. The van der Waals surface area contributed by atoms with E-state index in [-0.39, 0.29) is 5.91 Å². The fourth-order valence-electron chi connectivity index (χ4n) is 1.31. The lowest BCUT2D eigenvalue weighted by molar-refractivity contribution is -0.120. The lowest BCUT2D eigenvalue weighted by Crippen LogP contribution is -2.27. The van der Waals surface area contributed by atoms with Gasteiger partial charge in [-0.2, -0.15) is 0 Å². The molecule has 0 saturated heterocycles. The van der Waals surface area contributed by atoms with Crippen LogP contribution in [0.15, 0.2) is 4.52 Å². The van der Waals surface area contributed by atoms with Crippen molar-refractivity contribution >= 4 is 5.91 Å². The first kappa shape index (κ1) is 11.7. The van der Waals surface area contributed by atoms with E-state index in [1.54, 1.807) is 0 Å². The van der Waals surface area contributed by atoms with Crippen molar-refractivity contribution in [2.75, 3.05) is 13.1 Å². The van der Waals surface area contributed by atoms with Crippen molar-refractivity contribution in [3.8, 4) is 0 Å². The summed E-state index contributed by atoms with van der Waals surface area (Å²) in [5.41, 5.74) is 6.98. The van der Waals surface area contributed by atoms with Crippen LogP contribution in [0.4, 0.5) is 0 Å². The Labute approximate surface area is 89.0 Å². The Hall–Kier alpha value is -1.36. The molecule has 0 aliphatic carbocycles. The fourth-order valence-corrected chi connectivity index (χ4v) is 1.31. The molecule has 15 heavy (non-hydrogen) atoms. The molecule has 0 unspecified atom stereocenters. The second kappa shape index (κ2) is 5.50. The SMILES string of the molecule is Cc1noc(C)c1CC(=O)NCCCN. The van der Waals surface area contributed by atoms with Crippen LogP contribution in [-0.4, -0.2) is 24.2 Å². The van der Waals surface area contributed by atoms with Gasteiger partial charge in [-0.05, 0) is 26.8 Å². The van der Waals surface area contributed by atoms with Crippen LogP contribution < -0.4 is 11.1 Å². The van der Waals surface area contributed by atoms with Crippen molar-refractivity contribution < 1.29 is 9.32 Å². The van der Waals surface area contributed by atoms with Crippen LogP contribution in [0.3, 0.4) is 0 Å². The molecule has 1 rings (SSSR count). The van der Waals surface area contributed by atoms with E-state index in [2.05, 4.69) is 10.5 Å². The maximum atomic E-state index is 11.5. The molecular formula is C10H17N3O2. The molecule has 0 fully saturated rings. The molecular weight excluding hydrogens is 194 g/mol. The van der Waals surface area contributed by atoms with E-state index in [9.17, 15) is 4.79 Å². The minimum absolute atomic E-state index is 0.0159. The Morgan fingerprint density at radius 2 is 2.27 bits per heavy atom. The number of carbonyl (C=O) groups is 1. The minimum atomic E-state index is -0.0159. The number of nitrogens with two attached hydrogens (primary N) is 1. The van der Waals surface area contributed by atoms with E-state index in [4.69, 9.17) is 10.3 Å². The van der Waals surface area contributed by atoms with E-state index in [0.717, 1.165) is 17.7 Å². The van der Waals surface area contributed by atoms with Crippen LogP contribution in [0, 0.1) is 13.8 Å². The summed E-state index contributed by atoms with van der Waals surface area (Å²) in [4.78, 5) is 11.5. The molecule has 0 spiro atoms. The molecule has 0 aliphatic rings. The summed E-state index contributed by atoms with van der Waals surface area (Å²) in [6, 6.07) is 0. The Morgan fingerprint density at radius 3 is 2.80 bits per heavy atom. The molecule has 1 aromatic rings. The van der Waals surface area contributed by atoms with Crippen molar-refractivity contribution in [1.29, 1.82) is 0 Å². The van der Waals surface area contributed by atoms with Gasteiger partial charge in [-0.25, -0.2) is 0 Å². The third kappa shape index (κ3) is 3.36. The molecule has 0 saturated carbocycles. The number of rotatable bonds is 5. The quantitative estimate of drug-likeness (QED) is 0.686. The van der Waals surface area contributed by atoms with E-state index >= 15 is 0 Å². The second-order valence-corrected chi connectivity index (χ2v) is 3.47. The van der Waals surface area contributed by atoms with Gasteiger partial charge in [0.2, 0.25) is 5.91 Å². The average Bonchev–Trinajstić information content (AvgIpc) is 2.50. The van der Waals surface area contributed by atoms with E-state index < -0.39 is 0 Å². The average molecular weight is 211 g/mol. The molecule has 0 radical (unpaired) electrons. The van der Waals surface area contributed by atoms with Crippen molar-refractivity contribution in [3.05, 3.63) is 17.0 Å². The molecule has 1 heterocycles. The summed E-state index contributed by atoms with van der Waals surface area (Å²) in [5.74, 6) is 0.694. The Kier molecular flexibility index (Phi) is 4.30. The smallest absolute Gasteiger partial charge is 0.224 e. The van der Waals surface area contributed by atoms with Gasteiger partial charge in [0.1, 0.15) is 5.76 Å². The zero-order valence-corrected chi connectivity index (χ0v) is 9.17. The zero-order chi connectivity index (χ0) is 11.3. The molecule has 0 atom stereocenters. The Bertz CT molecular complexity index is 314. The Morgan fingerprint density at radius 1 is 1.53 bits per heavy atom. The maximum Gasteiger partial charge on any atom is 0.224 e. The van der Waals surface area contributed by atoms with Gasteiger partial charge in [0, 0.05) is 12.1 Å². The second-order valence-electron chi connectivity index (χ2n) is 3.47. The van der Waals surface area contributed by atoms with Gasteiger partial charge in [0.15, 0.2) is 0 Å². The summed E-state index contributed by atoms with van der Waals surface area (Å²) >= 11 is 0. The predicted octanol–water partition coefficient (Wildman–Crippen LogP) is 0.299. The lowest BCUT2D eigenvalue weighted by atomic mass is 10.1. The Balaban J connectivity index is 2.44. The maximum absolute atomic E-state index is 11.5. The predicted molar refractivity (Wildman–Crippen MR) is 56.4 cm³/mol. The molecule has 0 aliphatic heterocycles. The highest BCUT2D eigenvalue weighted by atomic mass is 16.5. The van der Waals surface area contributed by atoms with Crippen molar-refractivity contribution in [2.24, 2.45) is 5.73 Å². The third-order valence-electron chi connectivity index (χ3n) is 2.22. The van der Waals surface area contributed by atoms with Crippen LogP contribution in [0.2, 0.25) is 0 Å². The number of hydrogen-bond acceptors (Lipinski definition) is 4. The summed E-state index contributed by atoms with van der Waals surface area (Å²) in [5, 5.41) is 6.58. The molecule has 1 amide bonds. The summed E-state index contributed by atoms with van der Waals surface area (Å²) in [6.45, 7) is 4.85. The molecule has 5 nitrogen and oxygen atoms in total. The number of carbonyl (C=O) groups excluding carboxylic acids is 1. The first-order valence-corrected chi connectivity index (χ1v) is 5.03. The van der Waals surface area contributed by atoms with E-state index in [0.29, 0.717) is 25.3 Å². The fraction of sp³-hybridized carbons (Fsp3) is 0.600. The van der Waals surface area contributed by atoms with Crippen LogP contribution in [0.1, 0.15) is 23.4 Å². The highest BCUT2D eigenvalue weighted by molar-refractivity contribution is 5.78. The van der Waals surface area contributed by atoms with Crippen LogP contribution in [-0.2, 0) is 11.2 Å². The topological polar surface area (TPSA) is 81.2 Å². The van der Waals surface area contributed by atoms with Crippen LogP contribution in [0.5, 0.6) is 0 Å². The monoisotopic (exact) mass is 211 g/mol. The summed E-state index contributed by atoms with van der Waals surface area (Å²) in [7, 11) is 0. The lowest BCUT2D eigenvalue weighted by Gasteiger charge is -2.03. The van der Waals surface area contributed by atoms with Crippen molar-refractivity contribution in [3.63, 3.8) is 0 Å². The van der Waals surface area contributed by atoms with Gasteiger partial charge in [0.25, 0.3) is 0 Å². The van der Waals surface area contributed by atoms with Gasteiger partial charge in [-0.15, -0.1) is 0 Å². The minimum Gasteiger partial charge on any atom is -0.361 e. The highest BCUT2D eigenvalue weighted by Crippen LogP contribution is 2.12. The first-order chi connectivity index (χ1) is 7.15. The largest absolute Gasteiger partial charge is 0.361 e. The van der Waals surface area contributed by atoms with Gasteiger partial charge in [-0.3, -0.25) is 4.79 Å². The van der Waals surface area contributed by atoms with Gasteiger partial charge >= 0.3 is 0 Å². The van der Waals surface area contributed by atoms with Gasteiger partial charge in [-0.1, -0.05) is 5.16 Å². The molecule has 3 N–H and O–H groups in total. The van der Waals surface area contributed by atoms with E-state index in [1.165, 1.54) is 0 Å². The normalized spacial score (nSPS) is 10.3. The standard InChI is InChI=1S/C10H17N3O2/c1-7-9(8(2)15-13-7)6-10(14)12-5-3-4-11/h3-6,11H2,1-2H3,(H,12,14).